The molecule has 1 N–H and O–H groups in total. The zero-order valence-corrected chi connectivity index (χ0v) is 12.9. The normalized spacial score (nSPS) is 15.7. The molecule has 8 heteroatoms. The van der Waals surface area contributed by atoms with Gasteiger partial charge in [-0.3, -0.25) is 19.8 Å². The Labute approximate surface area is 141 Å². The van der Waals surface area contributed by atoms with Crippen LogP contribution in [0.3, 0.4) is 0 Å². The molecule has 3 rings (SSSR count). The van der Waals surface area contributed by atoms with Gasteiger partial charge >= 0.3 is 0 Å². The van der Waals surface area contributed by atoms with Gasteiger partial charge in [0.05, 0.1) is 16.2 Å². The van der Waals surface area contributed by atoms with Crippen LogP contribution in [-0.4, -0.2) is 15.9 Å². The van der Waals surface area contributed by atoms with Crippen molar-refractivity contribution in [2.24, 2.45) is 0 Å². The minimum Gasteiger partial charge on any atom is -0.327 e. The van der Waals surface area contributed by atoms with Crippen molar-refractivity contribution in [1.29, 1.82) is 0 Å². The molecule has 1 aliphatic heterocycles. The van der Waals surface area contributed by atoms with E-state index in [1.54, 1.807) is 12.1 Å². The highest BCUT2D eigenvalue weighted by atomic mass is 32.1. The Morgan fingerprint density at radius 3 is 2.50 bits per heavy atom. The Morgan fingerprint density at radius 1 is 1.17 bits per heavy atom. The first-order valence-corrected chi connectivity index (χ1v) is 7.24. The second-order valence-corrected chi connectivity index (χ2v) is 5.31. The Balaban J connectivity index is 1.97. The number of hydrogen-bond donors (Lipinski definition) is 1. The Kier molecular flexibility index (Phi) is 4.05. The van der Waals surface area contributed by atoms with E-state index in [0.29, 0.717) is 5.69 Å². The minimum absolute atomic E-state index is 0.110. The molecule has 1 fully saturated rings. The maximum absolute atomic E-state index is 13.0. The molecule has 120 valence electrons. The van der Waals surface area contributed by atoms with Crippen molar-refractivity contribution in [1.82, 2.24) is 5.32 Å². The Bertz CT molecular complexity index is 880. The highest BCUT2D eigenvalue weighted by Gasteiger charge is 2.32. The number of thiocarbonyl (C=S) groups is 1. The predicted octanol–water partition coefficient (Wildman–Crippen LogP) is 3.00. The van der Waals surface area contributed by atoms with Crippen molar-refractivity contribution in [2.45, 2.75) is 0 Å². The van der Waals surface area contributed by atoms with E-state index in [4.69, 9.17) is 12.2 Å². The monoisotopic (exact) mass is 343 g/mol. The molecule has 1 heterocycles. The van der Waals surface area contributed by atoms with Crippen LogP contribution < -0.4 is 10.2 Å². The molecule has 6 nitrogen and oxygen atoms in total. The van der Waals surface area contributed by atoms with Gasteiger partial charge in [-0.05, 0) is 48.6 Å². The van der Waals surface area contributed by atoms with Gasteiger partial charge in [0.1, 0.15) is 11.5 Å². The molecule has 24 heavy (non-hydrogen) atoms. The van der Waals surface area contributed by atoms with E-state index in [1.165, 1.54) is 47.4 Å². The van der Waals surface area contributed by atoms with E-state index in [9.17, 15) is 19.3 Å². The topological polar surface area (TPSA) is 75.5 Å². The molecule has 0 aliphatic carbocycles. The predicted molar refractivity (Wildman–Crippen MR) is 90.7 cm³/mol. The van der Waals surface area contributed by atoms with E-state index in [1.807, 2.05) is 0 Å². The van der Waals surface area contributed by atoms with Gasteiger partial charge in [-0.1, -0.05) is 12.1 Å². The Hall–Kier alpha value is -3.13. The van der Waals surface area contributed by atoms with Crippen LogP contribution in [0.4, 0.5) is 15.8 Å². The molecule has 0 aromatic heterocycles. The first kappa shape index (κ1) is 15.8. The highest BCUT2D eigenvalue weighted by Crippen LogP contribution is 2.25. The number of nitrogens with zero attached hydrogens (tertiary/aromatic N) is 2. The summed E-state index contributed by atoms with van der Waals surface area (Å²) in [5.74, 6) is -0.898. The van der Waals surface area contributed by atoms with Gasteiger partial charge in [-0.15, -0.1) is 0 Å². The van der Waals surface area contributed by atoms with Gasteiger partial charge in [0.15, 0.2) is 5.11 Å². The van der Waals surface area contributed by atoms with E-state index in [0.717, 1.165) is 0 Å². The van der Waals surface area contributed by atoms with E-state index in [2.05, 4.69) is 5.32 Å². The zero-order chi connectivity index (χ0) is 17.3. The standard InChI is InChI=1S/C16H10FN3O3S/c17-11-5-7-12(8-6-11)19-15(21)13(18-16(19)24)9-10-3-1-2-4-14(10)20(22)23/h1-9H,(H,18,24)/b13-9+. The molecule has 0 spiro atoms. The number of benzene rings is 2. The lowest BCUT2D eigenvalue weighted by Crippen LogP contribution is -2.30. The lowest BCUT2D eigenvalue weighted by atomic mass is 10.1. The van der Waals surface area contributed by atoms with Crippen molar-refractivity contribution in [2.75, 3.05) is 4.90 Å². The summed E-state index contributed by atoms with van der Waals surface area (Å²) in [5, 5.41) is 13.9. The lowest BCUT2D eigenvalue weighted by molar-refractivity contribution is -0.385. The molecule has 1 aliphatic rings. The maximum atomic E-state index is 13.0. The average molecular weight is 343 g/mol. The van der Waals surface area contributed by atoms with Gasteiger partial charge < -0.3 is 5.32 Å². The summed E-state index contributed by atoms with van der Waals surface area (Å²) < 4.78 is 13.0. The molecule has 2 aromatic rings. The maximum Gasteiger partial charge on any atom is 0.281 e. The molecule has 2 aromatic carbocycles. The van der Waals surface area contributed by atoms with E-state index in [-0.39, 0.29) is 22.1 Å². The van der Waals surface area contributed by atoms with Crippen LogP contribution in [0.15, 0.2) is 54.2 Å². The van der Waals surface area contributed by atoms with Gasteiger partial charge in [0.25, 0.3) is 11.6 Å². The molecule has 1 amide bonds. The lowest BCUT2D eigenvalue weighted by Gasteiger charge is -2.13. The van der Waals surface area contributed by atoms with Gasteiger partial charge in [-0.2, -0.15) is 0 Å². The zero-order valence-electron chi connectivity index (χ0n) is 12.1. The second kappa shape index (κ2) is 6.17. The highest BCUT2D eigenvalue weighted by molar-refractivity contribution is 7.80. The number of nitro groups is 1. The molecular formula is C16H10FN3O3S. The molecule has 0 atom stereocenters. The second-order valence-electron chi connectivity index (χ2n) is 4.92. The summed E-state index contributed by atoms with van der Waals surface area (Å²) in [7, 11) is 0. The number of halogens is 1. The molecule has 0 bridgehead atoms. The van der Waals surface area contributed by atoms with Crippen LogP contribution >= 0.6 is 12.2 Å². The van der Waals surface area contributed by atoms with Crippen LogP contribution in [0, 0.1) is 15.9 Å². The minimum atomic E-state index is -0.526. The number of para-hydroxylation sites is 1. The van der Waals surface area contributed by atoms with E-state index < -0.39 is 16.6 Å². The fourth-order valence-electron chi connectivity index (χ4n) is 2.29. The third kappa shape index (κ3) is 2.86. The first-order chi connectivity index (χ1) is 11.5. The number of anilines is 1. The number of carbonyl (C=O) groups excluding carboxylic acids is 1. The van der Waals surface area contributed by atoms with Crippen molar-refractivity contribution >= 4 is 40.7 Å². The number of nitrogens with one attached hydrogen (secondary N) is 1. The Morgan fingerprint density at radius 2 is 1.83 bits per heavy atom. The van der Waals surface area contributed by atoms with E-state index >= 15 is 0 Å². The van der Waals surface area contributed by atoms with Crippen molar-refractivity contribution in [3.05, 3.63) is 75.7 Å². The van der Waals surface area contributed by atoms with Crippen molar-refractivity contribution in [3.8, 4) is 0 Å². The fraction of sp³-hybridized carbons (Fsp3) is 0. The third-order valence-corrected chi connectivity index (χ3v) is 3.68. The average Bonchev–Trinajstić information content (AvgIpc) is 2.83. The van der Waals surface area contributed by atoms with Crippen LogP contribution in [-0.2, 0) is 4.79 Å². The molecule has 0 unspecified atom stereocenters. The van der Waals surface area contributed by atoms with Gasteiger partial charge in [-0.25, -0.2) is 4.39 Å². The number of carbonyl (C=O) groups is 1. The van der Waals surface area contributed by atoms with Crippen LogP contribution in [0.5, 0.6) is 0 Å². The van der Waals surface area contributed by atoms with Crippen LogP contribution in [0.25, 0.3) is 6.08 Å². The summed E-state index contributed by atoms with van der Waals surface area (Å²) in [5.41, 5.74) is 0.677. The molecule has 1 saturated heterocycles. The van der Waals surface area contributed by atoms with Crippen molar-refractivity contribution in [3.63, 3.8) is 0 Å². The summed E-state index contributed by atoms with van der Waals surface area (Å²) in [6, 6.07) is 11.3. The van der Waals surface area contributed by atoms with Crippen LogP contribution in [0.2, 0.25) is 0 Å². The molecular weight excluding hydrogens is 333 g/mol. The molecule has 0 radical (unpaired) electrons. The largest absolute Gasteiger partial charge is 0.327 e. The summed E-state index contributed by atoms with van der Waals surface area (Å²) in [6.45, 7) is 0. The fourth-order valence-corrected chi connectivity index (χ4v) is 2.59. The SMILES string of the molecule is O=C1/C(=C\c2ccccc2[N+](=O)[O-])NC(=S)N1c1ccc(F)cc1. The third-order valence-electron chi connectivity index (χ3n) is 3.40. The summed E-state index contributed by atoms with van der Waals surface area (Å²) >= 11 is 5.14. The first-order valence-electron chi connectivity index (χ1n) is 6.83. The number of amides is 1. The number of nitro benzene ring substituents is 1. The van der Waals surface area contributed by atoms with Gasteiger partial charge in [0, 0.05) is 6.07 Å². The summed E-state index contributed by atoms with van der Waals surface area (Å²) in [6.07, 6.45) is 1.37. The quantitative estimate of drug-likeness (QED) is 0.401. The van der Waals surface area contributed by atoms with Crippen LogP contribution in [0.1, 0.15) is 5.56 Å². The number of hydrogen-bond acceptors (Lipinski definition) is 4. The smallest absolute Gasteiger partial charge is 0.281 e. The summed E-state index contributed by atoms with van der Waals surface area (Å²) in [4.78, 5) is 24.3. The molecule has 0 saturated carbocycles. The van der Waals surface area contributed by atoms with Gasteiger partial charge in [0.2, 0.25) is 0 Å². The van der Waals surface area contributed by atoms with Crippen molar-refractivity contribution < 1.29 is 14.1 Å². The number of rotatable bonds is 3.